The van der Waals surface area contributed by atoms with E-state index < -0.39 is 30.2 Å². The molecule has 0 bridgehead atoms. The third-order valence-corrected chi connectivity index (χ3v) is 3.84. The molecule has 0 heterocycles. The number of nitrogens with one attached hydrogen (secondary N) is 1. The first kappa shape index (κ1) is 19.3. The summed E-state index contributed by atoms with van der Waals surface area (Å²) >= 11 is 8.98. The summed E-state index contributed by atoms with van der Waals surface area (Å²) in [5.74, 6) is -1.55. The molecule has 0 saturated carbocycles. The number of halogens is 5. The second-order valence-corrected chi connectivity index (χ2v) is 6.15. The van der Waals surface area contributed by atoms with Crippen LogP contribution in [0.2, 0.25) is 5.02 Å². The molecule has 1 N–H and O–H groups in total. The van der Waals surface area contributed by atoms with E-state index in [-0.39, 0.29) is 16.3 Å². The molecule has 0 aliphatic carbocycles. The number of anilines is 1. The lowest BCUT2D eigenvalue weighted by Gasteiger charge is -2.12. The lowest BCUT2D eigenvalue weighted by Crippen LogP contribution is -2.21. The van der Waals surface area contributed by atoms with Gasteiger partial charge in [-0.1, -0.05) is 27.5 Å². The molecule has 2 aromatic carbocycles. The lowest BCUT2D eigenvalue weighted by atomic mass is 10.2. The third kappa shape index (κ3) is 5.47. The minimum Gasteiger partial charge on any atom is -0.452 e. The summed E-state index contributed by atoms with van der Waals surface area (Å²) in [6, 6.07) is 8.76. The van der Waals surface area contributed by atoms with Crippen LogP contribution >= 0.6 is 27.5 Å². The fourth-order valence-electron chi connectivity index (χ4n) is 1.78. The molecular weight excluding hydrogens is 427 g/mol. The predicted molar refractivity (Wildman–Crippen MR) is 89.5 cm³/mol. The van der Waals surface area contributed by atoms with Crippen LogP contribution in [0.1, 0.15) is 15.9 Å². The zero-order valence-corrected chi connectivity index (χ0v) is 14.7. The van der Waals surface area contributed by atoms with Gasteiger partial charge in [-0.05, 0) is 42.5 Å². The molecule has 0 aliphatic rings. The number of esters is 1. The zero-order valence-electron chi connectivity index (χ0n) is 12.4. The number of carbonyl (C=O) groups is 2. The molecule has 2 aromatic rings. The van der Waals surface area contributed by atoms with E-state index in [1.807, 2.05) is 0 Å². The largest absolute Gasteiger partial charge is 0.452 e. The number of hydrogen-bond donors (Lipinski definition) is 1. The molecule has 0 spiro atoms. The Morgan fingerprint density at radius 1 is 1.12 bits per heavy atom. The number of ether oxygens (including phenoxy) is 1. The zero-order chi connectivity index (χ0) is 18.6. The van der Waals surface area contributed by atoms with E-state index in [0.717, 1.165) is 16.6 Å². The van der Waals surface area contributed by atoms with Gasteiger partial charge in [0.15, 0.2) is 6.61 Å². The highest BCUT2D eigenvalue weighted by atomic mass is 79.9. The van der Waals surface area contributed by atoms with Crippen LogP contribution in [-0.2, 0) is 15.7 Å². The van der Waals surface area contributed by atoms with Crippen LogP contribution in [0, 0.1) is 0 Å². The van der Waals surface area contributed by atoms with Crippen LogP contribution in [0.3, 0.4) is 0 Å². The maximum Gasteiger partial charge on any atom is 0.416 e. The molecule has 0 radical (unpaired) electrons. The number of amides is 1. The van der Waals surface area contributed by atoms with Crippen molar-refractivity contribution in [3.05, 3.63) is 63.1 Å². The molecule has 0 aromatic heterocycles. The molecule has 0 aliphatic heterocycles. The van der Waals surface area contributed by atoms with Crippen LogP contribution in [0.4, 0.5) is 18.9 Å². The van der Waals surface area contributed by atoms with Gasteiger partial charge in [0.2, 0.25) is 0 Å². The number of rotatable bonds is 4. The molecule has 0 atom stereocenters. The van der Waals surface area contributed by atoms with Crippen molar-refractivity contribution >= 4 is 45.1 Å². The molecular formula is C16H10BrClF3NO3. The number of carbonyl (C=O) groups excluding carboxylic acids is 2. The standard InChI is InChI=1S/C16H10BrClF3NO3/c17-11-4-1-9(2-5-11)15(24)25-8-14(23)22-13-7-10(16(19,20)21)3-6-12(13)18/h1-7H,8H2,(H,22,23). The van der Waals surface area contributed by atoms with Crippen molar-refractivity contribution in [2.24, 2.45) is 0 Å². The van der Waals surface area contributed by atoms with Crippen LogP contribution in [0.15, 0.2) is 46.9 Å². The summed E-state index contributed by atoms with van der Waals surface area (Å²) < 4.78 is 43.6. The quantitative estimate of drug-likeness (QED) is 0.693. The van der Waals surface area contributed by atoms with Crippen LogP contribution < -0.4 is 5.32 Å². The molecule has 0 unspecified atom stereocenters. The molecule has 9 heteroatoms. The van der Waals surface area contributed by atoms with E-state index in [2.05, 4.69) is 21.2 Å². The van der Waals surface area contributed by atoms with E-state index in [4.69, 9.17) is 16.3 Å². The van der Waals surface area contributed by atoms with Gasteiger partial charge >= 0.3 is 12.1 Å². The summed E-state index contributed by atoms with van der Waals surface area (Å²) in [6.07, 6.45) is -4.57. The normalized spacial score (nSPS) is 11.1. The Kier molecular flexibility index (Phi) is 6.07. The first-order chi connectivity index (χ1) is 11.7. The highest BCUT2D eigenvalue weighted by molar-refractivity contribution is 9.10. The highest BCUT2D eigenvalue weighted by Crippen LogP contribution is 2.33. The summed E-state index contributed by atoms with van der Waals surface area (Å²) in [7, 11) is 0. The second-order valence-electron chi connectivity index (χ2n) is 4.82. The van der Waals surface area contributed by atoms with Crippen LogP contribution in [-0.4, -0.2) is 18.5 Å². The number of alkyl halides is 3. The molecule has 2 rings (SSSR count). The van der Waals surface area contributed by atoms with Crippen molar-refractivity contribution in [1.29, 1.82) is 0 Å². The van der Waals surface area contributed by atoms with Crippen molar-refractivity contribution in [1.82, 2.24) is 0 Å². The summed E-state index contributed by atoms with van der Waals surface area (Å²) in [5.41, 5.74) is -0.951. The van der Waals surface area contributed by atoms with Gasteiger partial charge < -0.3 is 10.1 Å². The van der Waals surface area contributed by atoms with E-state index in [1.165, 1.54) is 12.1 Å². The Morgan fingerprint density at radius 2 is 1.76 bits per heavy atom. The lowest BCUT2D eigenvalue weighted by molar-refractivity contribution is -0.137. The molecule has 1 amide bonds. The minimum atomic E-state index is -4.57. The third-order valence-electron chi connectivity index (χ3n) is 2.98. The molecule has 25 heavy (non-hydrogen) atoms. The summed E-state index contributed by atoms with van der Waals surface area (Å²) in [5, 5.41) is 2.11. The van der Waals surface area contributed by atoms with Crippen LogP contribution in [0.25, 0.3) is 0 Å². The Hall–Kier alpha value is -2.06. The second kappa shape index (κ2) is 7.88. The van der Waals surface area contributed by atoms with Gasteiger partial charge in [-0.3, -0.25) is 4.79 Å². The van der Waals surface area contributed by atoms with Crippen LogP contribution in [0.5, 0.6) is 0 Å². The van der Waals surface area contributed by atoms with E-state index in [0.29, 0.717) is 6.07 Å². The van der Waals surface area contributed by atoms with Crippen molar-refractivity contribution in [3.8, 4) is 0 Å². The fourth-order valence-corrected chi connectivity index (χ4v) is 2.21. The summed E-state index contributed by atoms with van der Waals surface area (Å²) in [4.78, 5) is 23.6. The van der Waals surface area contributed by atoms with Gasteiger partial charge in [-0.15, -0.1) is 0 Å². The van der Waals surface area contributed by atoms with Gasteiger partial charge in [-0.2, -0.15) is 13.2 Å². The van der Waals surface area contributed by atoms with E-state index in [9.17, 15) is 22.8 Å². The predicted octanol–water partition coefficient (Wildman–Crippen LogP) is 4.92. The topological polar surface area (TPSA) is 55.4 Å². The molecule has 0 saturated heterocycles. The number of benzene rings is 2. The number of hydrogen-bond acceptors (Lipinski definition) is 3. The Labute approximate surface area is 154 Å². The molecule has 4 nitrogen and oxygen atoms in total. The Bertz CT molecular complexity index is 794. The van der Waals surface area contributed by atoms with Gasteiger partial charge in [0.1, 0.15) is 0 Å². The maximum atomic E-state index is 12.7. The molecule has 132 valence electrons. The van der Waals surface area contributed by atoms with Crippen molar-refractivity contribution in [3.63, 3.8) is 0 Å². The monoisotopic (exact) mass is 435 g/mol. The van der Waals surface area contributed by atoms with Gasteiger partial charge in [0, 0.05) is 4.47 Å². The van der Waals surface area contributed by atoms with Crippen molar-refractivity contribution in [2.45, 2.75) is 6.18 Å². The minimum absolute atomic E-state index is 0.0689. The van der Waals surface area contributed by atoms with Crippen molar-refractivity contribution in [2.75, 3.05) is 11.9 Å². The SMILES string of the molecule is O=C(COC(=O)c1ccc(Br)cc1)Nc1cc(C(F)(F)F)ccc1Cl. The smallest absolute Gasteiger partial charge is 0.416 e. The van der Waals surface area contributed by atoms with E-state index >= 15 is 0 Å². The van der Waals surface area contributed by atoms with Gasteiger partial charge in [-0.25, -0.2) is 4.79 Å². The maximum absolute atomic E-state index is 12.7. The molecule has 0 fully saturated rings. The van der Waals surface area contributed by atoms with Gasteiger partial charge in [0.25, 0.3) is 5.91 Å². The Morgan fingerprint density at radius 3 is 2.36 bits per heavy atom. The first-order valence-corrected chi connectivity index (χ1v) is 7.93. The Balaban J connectivity index is 1.98. The van der Waals surface area contributed by atoms with Crippen molar-refractivity contribution < 1.29 is 27.5 Å². The summed E-state index contributed by atoms with van der Waals surface area (Å²) in [6.45, 7) is -0.665. The first-order valence-electron chi connectivity index (χ1n) is 6.76. The fraction of sp³-hybridized carbons (Fsp3) is 0.125. The van der Waals surface area contributed by atoms with E-state index in [1.54, 1.807) is 12.1 Å². The van der Waals surface area contributed by atoms with Gasteiger partial charge in [0.05, 0.1) is 21.8 Å². The highest BCUT2D eigenvalue weighted by Gasteiger charge is 2.31. The average Bonchev–Trinajstić information content (AvgIpc) is 2.54. The average molecular weight is 437 g/mol.